The van der Waals surface area contributed by atoms with Crippen molar-refractivity contribution in [2.24, 2.45) is 5.41 Å². The number of hydrogen-bond acceptors (Lipinski definition) is 3. The molecule has 0 saturated heterocycles. The molecule has 0 radical (unpaired) electrons. The van der Waals surface area contributed by atoms with Crippen LogP contribution in [0.2, 0.25) is 5.02 Å². The molecule has 0 aliphatic carbocycles. The first-order chi connectivity index (χ1) is 13.4. The normalized spacial score (nSPS) is 11.7. The molecular formula is C23H29ClN2O3. The highest BCUT2D eigenvalue weighted by Crippen LogP contribution is 2.30. The molecule has 0 aliphatic heterocycles. The van der Waals surface area contributed by atoms with Crippen LogP contribution < -0.4 is 15.4 Å². The molecule has 2 aromatic carbocycles. The summed E-state index contributed by atoms with van der Waals surface area (Å²) in [5.74, 6) is 0.192. The molecule has 156 valence electrons. The van der Waals surface area contributed by atoms with E-state index in [9.17, 15) is 9.59 Å². The summed E-state index contributed by atoms with van der Waals surface area (Å²) >= 11 is 6.03. The summed E-state index contributed by atoms with van der Waals surface area (Å²) < 4.78 is 5.28. The molecule has 2 rings (SSSR count). The second-order valence-electron chi connectivity index (χ2n) is 8.59. The van der Waals surface area contributed by atoms with Crippen molar-refractivity contribution in [2.75, 3.05) is 12.4 Å². The number of hydrogen-bond donors (Lipinski definition) is 2. The second-order valence-corrected chi connectivity index (χ2v) is 9.03. The number of nitrogens with one attached hydrogen (secondary N) is 2. The molecule has 0 spiro atoms. The fourth-order valence-corrected chi connectivity index (χ4v) is 2.74. The van der Waals surface area contributed by atoms with Crippen molar-refractivity contribution in [2.45, 2.75) is 46.6 Å². The number of halogens is 1. The molecule has 0 unspecified atom stereocenters. The van der Waals surface area contributed by atoms with Gasteiger partial charge in [-0.15, -0.1) is 0 Å². The number of anilines is 1. The summed E-state index contributed by atoms with van der Waals surface area (Å²) in [4.78, 5) is 25.2. The lowest BCUT2D eigenvalue weighted by Gasteiger charge is -2.39. The van der Waals surface area contributed by atoms with Gasteiger partial charge in [0.05, 0.1) is 13.5 Å². The number of benzene rings is 2. The smallest absolute Gasteiger partial charge is 0.251 e. The molecule has 0 bridgehead atoms. The van der Waals surface area contributed by atoms with Crippen molar-refractivity contribution in [3.63, 3.8) is 0 Å². The Balaban J connectivity index is 2.11. The number of amides is 2. The van der Waals surface area contributed by atoms with Crippen molar-refractivity contribution in [3.05, 3.63) is 58.6 Å². The zero-order chi connectivity index (χ0) is 21.8. The minimum absolute atomic E-state index is 0.107. The number of methoxy groups -OCH3 is 1. The van der Waals surface area contributed by atoms with Gasteiger partial charge in [-0.25, -0.2) is 0 Å². The van der Waals surface area contributed by atoms with Crippen LogP contribution in [0.15, 0.2) is 42.5 Å². The number of carbonyl (C=O) groups is 2. The van der Waals surface area contributed by atoms with E-state index in [1.807, 2.05) is 13.8 Å². The predicted molar refractivity (Wildman–Crippen MR) is 118 cm³/mol. The van der Waals surface area contributed by atoms with E-state index in [2.05, 4.69) is 31.4 Å². The maximum Gasteiger partial charge on any atom is 0.251 e. The first-order valence-electron chi connectivity index (χ1n) is 9.48. The van der Waals surface area contributed by atoms with Crippen molar-refractivity contribution >= 4 is 29.1 Å². The Labute approximate surface area is 177 Å². The van der Waals surface area contributed by atoms with Crippen molar-refractivity contribution in [1.82, 2.24) is 5.32 Å². The SMILES string of the molecule is COc1ccc(Cl)cc1CC(=O)Nc1cccc(C(=O)NC(C)(C)C(C)(C)C)c1. The largest absolute Gasteiger partial charge is 0.496 e. The molecule has 0 aromatic heterocycles. The molecule has 2 amide bonds. The second kappa shape index (κ2) is 8.87. The van der Waals surface area contributed by atoms with Gasteiger partial charge in [0.1, 0.15) is 5.75 Å². The number of rotatable bonds is 6. The molecule has 2 aromatic rings. The molecule has 6 heteroatoms. The molecule has 0 heterocycles. The van der Waals surface area contributed by atoms with Crippen LogP contribution in [0.1, 0.15) is 50.5 Å². The van der Waals surface area contributed by atoms with Gasteiger partial charge in [-0.1, -0.05) is 38.4 Å². The van der Waals surface area contributed by atoms with E-state index in [4.69, 9.17) is 16.3 Å². The summed E-state index contributed by atoms with van der Waals surface area (Å²) in [6, 6.07) is 12.0. The van der Waals surface area contributed by atoms with Gasteiger partial charge < -0.3 is 15.4 Å². The highest BCUT2D eigenvalue weighted by Gasteiger charge is 2.34. The van der Waals surface area contributed by atoms with Crippen LogP contribution in [-0.2, 0) is 11.2 Å². The van der Waals surface area contributed by atoms with Gasteiger partial charge in [0.15, 0.2) is 0 Å². The molecule has 29 heavy (non-hydrogen) atoms. The van der Waals surface area contributed by atoms with Crippen LogP contribution in [0.5, 0.6) is 5.75 Å². The summed E-state index contributed by atoms with van der Waals surface area (Å²) in [6.45, 7) is 10.2. The number of carbonyl (C=O) groups excluding carboxylic acids is 2. The van der Waals surface area contributed by atoms with Gasteiger partial charge in [0, 0.05) is 27.4 Å². The monoisotopic (exact) mass is 416 g/mol. The van der Waals surface area contributed by atoms with Gasteiger partial charge in [0.2, 0.25) is 5.91 Å². The maximum atomic E-state index is 12.7. The Morgan fingerprint density at radius 1 is 1.03 bits per heavy atom. The zero-order valence-electron chi connectivity index (χ0n) is 17.9. The van der Waals surface area contributed by atoms with Gasteiger partial charge in [0.25, 0.3) is 5.91 Å². The van der Waals surface area contributed by atoms with Crippen molar-refractivity contribution in [1.29, 1.82) is 0 Å². The maximum absolute atomic E-state index is 12.7. The van der Waals surface area contributed by atoms with E-state index in [1.54, 1.807) is 49.6 Å². The van der Waals surface area contributed by atoms with E-state index in [-0.39, 0.29) is 23.7 Å². The third-order valence-corrected chi connectivity index (χ3v) is 5.54. The van der Waals surface area contributed by atoms with Gasteiger partial charge in [-0.2, -0.15) is 0 Å². The fourth-order valence-electron chi connectivity index (χ4n) is 2.55. The van der Waals surface area contributed by atoms with Crippen molar-refractivity contribution in [3.8, 4) is 5.75 Å². The quantitative estimate of drug-likeness (QED) is 0.689. The average Bonchev–Trinajstić information content (AvgIpc) is 2.60. The van der Waals surface area contributed by atoms with Crippen LogP contribution in [-0.4, -0.2) is 24.5 Å². The standard InChI is InChI=1S/C23H29ClN2O3/c1-22(2,3)23(4,5)26-21(28)15-8-7-9-18(13-15)25-20(27)14-16-12-17(24)10-11-19(16)29-6/h7-13H,14H2,1-6H3,(H,25,27)(H,26,28). The minimum atomic E-state index is -0.396. The molecule has 2 N–H and O–H groups in total. The molecule has 0 aliphatic rings. The zero-order valence-corrected chi connectivity index (χ0v) is 18.6. The van der Waals surface area contributed by atoms with Crippen LogP contribution in [0.4, 0.5) is 5.69 Å². The van der Waals surface area contributed by atoms with Gasteiger partial charge in [-0.3, -0.25) is 9.59 Å². The predicted octanol–water partition coefficient (Wildman–Crippen LogP) is 5.08. The summed E-state index contributed by atoms with van der Waals surface area (Å²) in [5, 5.41) is 6.44. The van der Waals surface area contributed by atoms with Gasteiger partial charge in [-0.05, 0) is 55.7 Å². The van der Waals surface area contributed by atoms with E-state index < -0.39 is 5.54 Å². The topological polar surface area (TPSA) is 67.4 Å². The minimum Gasteiger partial charge on any atom is -0.496 e. The Hall–Kier alpha value is -2.53. The van der Waals surface area contributed by atoms with Crippen LogP contribution in [0.25, 0.3) is 0 Å². The molecule has 0 fully saturated rings. The first kappa shape index (κ1) is 22.8. The lowest BCUT2D eigenvalue weighted by atomic mass is 9.76. The van der Waals surface area contributed by atoms with Crippen molar-refractivity contribution < 1.29 is 14.3 Å². The fraction of sp³-hybridized carbons (Fsp3) is 0.391. The lowest BCUT2D eigenvalue weighted by molar-refractivity contribution is -0.115. The molecule has 0 saturated carbocycles. The van der Waals surface area contributed by atoms with E-state index >= 15 is 0 Å². The molecule has 0 atom stereocenters. The van der Waals surface area contributed by atoms with E-state index in [1.165, 1.54) is 0 Å². The summed E-state index contributed by atoms with van der Waals surface area (Å²) in [5.41, 5.74) is 1.23. The Kier molecular flexibility index (Phi) is 6.96. The third-order valence-electron chi connectivity index (χ3n) is 5.30. The molecule has 5 nitrogen and oxygen atoms in total. The molecular weight excluding hydrogens is 388 g/mol. The Morgan fingerprint density at radius 2 is 1.72 bits per heavy atom. The van der Waals surface area contributed by atoms with Crippen LogP contribution in [0, 0.1) is 5.41 Å². The summed E-state index contributed by atoms with van der Waals surface area (Å²) in [7, 11) is 1.55. The highest BCUT2D eigenvalue weighted by atomic mass is 35.5. The summed E-state index contributed by atoms with van der Waals surface area (Å²) in [6.07, 6.45) is 0.108. The van der Waals surface area contributed by atoms with Gasteiger partial charge >= 0.3 is 0 Å². The Bertz CT molecular complexity index is 901. The average molecular weight is 417 g/mol. The highest BCUT2D eigenvalue weighted by molar-refractivity contribution is 6.30. The van der Waals surface area contributed by atoms with Crippen LogP contribution in [0.3, 0.4) is 0 Å². The lowest BCUT2D eigenvalue weighted by Crippen LogP contribution is -2.52. The number of ether oxygens (including phenoxy) is 1. The third kappa shape index (κ3) is 5.97. The van der Waals surface area contributed by atoms with E-state index in [0.717, 1.165) is 0 Å². The van der Waals surface area contributed by atoms with E-state index in [0.29, 0.717) is 27.6 Å². The first-order valence-corrected chi connectivity index (χ1v) is 9.85. The van der Waals surface area contributed by atoms with Crippen LogP contribution >= 0.6 is 11.6 Å². The Morgan fingerprint density at radius 3 is 2.34 bits per heavy atom.